The SMILES string of the molecule is C=C(Cl)C(=O)OO. The highest BCUT2D eigenvalue weighted by Gasteiger charge is 2.01. The van der Waals surface area contributed by atoms with Gasteiger partial charge in [-0.2, -0.15) is 5.26 Å². The minimum Gasteiger partial charge on any atom is -0.295 e. The molecule has 40 valence electrons. The van der Waals surface area contributed by atoms with E-state index in [4.69, 9.17) is 16.9 Å². The molecule has 0 rings (SSSR count). The van der Waals surface area contributed by atoms with Crippen molar-refractivity contribution in [1.82, 2.24) is 0 Å². The van der Waals surface area contributed by atoms with E-state index in [9.17, 15) is 4.79 Å². The van der Waals surface area contributed by atoms with Crippen LogP contribution in [0.3, 0.4) is 0 Å². The second-order valence-corrected chi connectivity index (χ2v) is 1.24. The van der Waals surface area contributed by atoms with Crippen molar-refractivity contribution in [3.8, 4) is 0 Å². The van der Waals surface area contributed by atoms with Crippen molar-refractivity contribution < 1.29 is 14.9 Å². The molecule has 0 saturated carbocycles. The number of hydrogen-bond donors (Lipinski definition) is 1. The van der Waals surface area contributed by atoms with Crippen LogP contribution in [-0.4, -0.2) is 11.2 Å². The minimum atomic E-state index is -1.03. The molecule has 0 aromatic rings. The van der Waals surface area contributed by atoms with Gasteiger partial charge in [0.25, 0.3) is 0 Å². The van der Waals surface area contributed by atoms with Gasteiger partial charge in [-0.05, 0) is 0 Å². The van der Waals surface area contributed by atoms with Crippen molar-refractivity contribution in [2.45, 2.75) is 0 Å². The van der Waals surface area contributed by atoms with Crippen LogP contribution in [0.1, 0.15) is 0 Å². The van der Waals surface area contributed by atoms with Gasteiger partial charge in [-0.25, -0.2) is 4.79 Å². The molecule has 0 aliphatic heterocycles. The maximum Gasteiger partial charge on any atom is 0.383 e. The van der Waals surface area contributed by atoms with Crippen molar-refractivity contribution in [2.75, 3.05) is 0 Å². The highest BCUT2D eigenvalue weighted by molar-refractivity contribution is 6.40. The Morgan fingerprint density at radius 2 is 2.29 bits per heavy atom. The summed E-state index contributed by atoms with van der Waals surface area (Å²) >= 11 is 4.90. The highest BCUT2D eigenvalue weighted by Crippen LogP contribution is 1.96. The summed E-state index contributed by atoms with van der Waals surface area (Å²) in [5.41, 5.74) is 0. The predicted octanol–water partition coefficient (Wildman–Crippen LogP) is 0.755. The number of rotatable bonds is 1. The Kier molecular flexibility index (Phi) is 2.40. The van der Waals surface area contributed by atoms with Gasteiger partial charge < -0.3 is 0 Å². The summed E-state index contributed by atoms with van der Waals surface area (Å²) in [5.74, 6) is -1.03. The van der Waals surface area contributed by atoms with Crippen LogP contribution in [0.25, 0.3) is 0 Å². The van der Waals surface area contributed by atoms with Gasteiger partial charge in [0, 0.05) is 0 Å². The lowest BCUT2D eigenvalue weighted by molar-refractivity contribution is -0.228. The van der Waals surface area contributed by atoms with Gasteiger partial charge in [-0.15, -0.1) is 0 Å². The lowest BCUT2D eigenvalue weighted by Gasteiger charge is -1.85. The number of carbonyl (C=O) groups is 1. The molecule has 0 unspecified atom stereocenters. The van der Waals surface area contributed by atoms with Crippen LogP contribution in [0.4, 0.5) is 0 Å². The van der Waals surface area contributed by atoms with Crippen LogP contribution >= 0.6 is 11.6 Å². The molecule has 0 bridgehead atoms. The average molecular weight is 123 g/mol. The van der Waals surface area contributed by atoms with Crippen LogP contribution in [-0.2, 0) is 9.68 Å². The molecule has 0 aliphatic carbocycles. The standard InChI is InChI=1S/C3H3ClO3/c1-2(4)3(5)7-6/h6H,1H2. The molecule has 0 spiro atoms. The van der Waals surface area contributed by atoms with Crippen molar-refractivity contribution in [1.29, 1.82) is 0 Å². The fourth-order valence-corrected chi connectivity index (χ4v) is 0.0840. The van der Waals surface area contributed by atoms with Gasteiger partial charge in [0.15, 0.2) is 0 Å². The third kappa shape index (κ3) is 2.19. The first-order valence-corrected chi connectivity index (χ1v) is 1.76. The van der Waals surface area contributed by atoms with Crippen molar-refractivity contribution in [3.63, 3.8) is 0 Å². The Balaban J connectivity index is 3.58. The smallest absolute Gasteiger partial charge is 0.295 e. The molecule has 0 radical (unpaired) electrons. The number of carbonyl (C=O) groups excluding carboxylic acids is 1. The van der Waals surface area contributed by atoms with E-state index in [0.29, 0.717) is 0 Å². The first-order chi connectivity index (χ1) is 3.18. The van der Waals surface area contributed by atoms with Gasteiger partial charge in [0.05, 0.1) is 0 Å². The molecule has 0 heterocycles. The van der Waals surface area contributed by atoms with Crippen molar-refractivity contribution in [3.05, 3.63) is 11.6 Å². The fourth-order valence-electron chi connectivity index (χ4n) is 0.0495. The van der Waals surface area contributed by atoms with Crippen LogP contribution in [0.5, 0.6) is 0 Å². The molecular formula is C3H3ClO3. The molecule has 0 aromatic carbocycles. The van der Waals surface area contributed by atoms with Crippen LogP contribution in [0.2, 0.25) is 0 Å². The highest BCUT2D eigenvalue weighted by atomic mass is 35.5. The lowest BCUT2D eigenvalue weighted by atomic mass is 10.7. The lowest BCUT2D eigenvalue weighted by Crippen LogP contribution is -1.97. The summed E-state index contributed by atoms with van der Waals surface area (Å²) in [7, 11) is 0. The van der Waals surface area contributed by atoms with Gasteiger partial charge in [0.2, 0.25) is 0 Å². The van der Waals surface area contributed by atoms with Crippen molar-refractivity contribution in [2.24, 2.45) is 0 Å². The topological polar surface area (TPSA) is 46.5 Å². The Labute approximate surface area is 45.1 Å². The van der Waals surface area contributed by atoms with E-state index in [-0.39, 0.29) is 5.03 Å². The Bertz CT molecular complexity index is 98.4. The van der Waals surface area contributed by atoms with E-state index in [1.54, 1.807) is 0 Å². The molecule has 0 atom stereocenters. The maximum absolute atomic E-state index is 9.81. The molecule has 0 amide bonds. The van der Waals surface area contributed by atoms with Gasteiger partial charge in [0.1, 0.15) is 5.03 Å². The third-order valence-electron chi connectivity index (χ3n) is 0.304. The normalized spacial score (nSPS) is 7.71. The molecule has 3 nitrogen and oxygen atoms in total. The van der Waals surface area contributed by atoms with E-state index in [1.165, 1.54) is 0 Å². The minimum absolute atomic E-state index is 0.345. The molecule has 0 aromatic heterocycles. The third-order valence-corrected chi connectivity index (χ3v) is 0.459. The monoisotopic (exact) mass is 122 g/mol. The van der Waals surface area contributed by atoms with E-state index in [2.05, 4.69) is 11.5 Å². The van der Waals surface area contributed by atoms with Crippen LogP contribution in [0.15, 0.2) is 11.6 Å². The van der Waals surface area contributed by atoms with Gasteiger partial charge >= 0.3 is 5.97 Å². The van der Waals surface area contributed by atoms with Crippen LogP contribution in [0, 0.1) is 0 Å². The zero-order valence-corrected chi connectivity index (χ0v) is 4.10. The van der Waals surface area contributed by atoms with E-state index < -0.39 is 5.97 Å². The van der Waals surface area contributed by atoms with E-state index in [1.807, 2.05) is 0 Å². The molecule has 7 heavy (non-hydrogen) atoms. The first-order valence-electron chi connectivity index (χ1n) is 1.38. The molecule has 1 N–H and O–H groups in total. The Morgan fingerprint density at radius 3 is 2.29 bits per heavy atom. The zero-order valence-electron chi connectivity index (χ0n) is 3.35. The summed E-state index contributed by atoms with van der Waals surface area (Å²) in [6.45, 7) is 2.96. The van der Waals surface area contributed by atoms with Gasteiger partial charge in [-0.3, -0.25) is 4.89 Å². The molecule has 0 saturated heterocycles. The summed E-state index contributed by atoms with van der Waals surface area (Å²) in [6, 6.07) is 0. The Morgan fingerprint density at radius 1 is 1.86 bits per heavy atom. The Hall–Kier alpha value is -0.540. The molecule has 0 aliphatic rings. The number of halogens is 1. The summed E-state index contributed by atoms with van der Waals surface area (Å²) in [5, 5.41) is 7.17. The fraction of sp³-hybridized carbons (Fsp3) is 0. The summed E-state index contributed by atoms with van der Waals surface area (Å²) < 4.78 is 0. The molecular weight excluding hydrogens is 119 g/mol. The maximum atomic E-state index is 9.81. The van der Waals surface area contributed by atoms with Crippen molar-refractivity contribution >= 4 is 17.6 Å². The largest absolute Gasteiger partial charge is 0.383 e. The van der Waals surface area contributed by atoms with Crippen LogP contribution < -0.4 is 0 Å². The van der Waals surface area contributed by atoms with E-state index >= 15 is 0 Å². The van der Waals surface area contributed by atoms with E-state index in [0.717, 1.165) is 0 Å². The zero-order chi connectivity index (χ0) is 5.86. The predicted molar refractivity (Wildman–Crippen MR) is 23.7 cm³/mol. The summed E-state index contributed by atoms with van der Waals surface area (Å²) in [4.78, 5) is 12.9. The number of hydrogen-bond acceptors (Lipinski definition) is 3. The molecule has 0 fully saturated rings. The molecule has 4 heteroatoms. The first kappa shape index (κ1) is 6.46. The second kappa shape index (κ2) is 2.60. The summed E-state index contributed by atoms with van der Waals surface area (Å²) in [6.07, 6.45) is 0. The van der Waals surface area contributed by atoms with Gasteiger partial charge in [-0.1, -0.05) is 18.2 Å². The quantitative estimate of drug-likeness (QED) is 0.317. The average Bonchev–Trinajstić information content (AvgIpc) is 1.65. The second-order valence-electron chi connectivity index (χ2n) is 0.784.